The van der Waals surface area contributed by atoms with Crippen LogP contribution in [0.15, 0.2) is 82.2 Å². The first-order valence-electron chi connectivity index (χ1n) is 11.0. The number of hydrogen-bond donors (Lipinski definition) is 2. The van der Waals surface area contributed by atoms with Gasteiger partial charge >= 0.3 is 0 Å². The number of amides is 1. The molecule has 0 fully saturated rings. The van der Waals surface area contributed by atoms with Gasteiger partial charge in [0.15, 0.2) is 5.11 Å². The van der Waals surface area contributed by atoms with Crippen molar-refractivity contribution in [2.24, 2.45) is 0 Å². The molecule has 0 atom stereocenters. The molecule has 0 aliphatic carbocycles. The van der Waals surface area contributed by atoms with Gasteiger partial charge in [-0.25, -0.2) is 8.42 Å². The molecule has 11 heteroatoms. The largest absolute Gasteiger partial charge is 0.490 e. The molecule has 2 N–H and O–H groups in total. The number of halogens is 1. The fraction of sp³-hybridized carbons (Fsp3) is 0.200. The van der Waals surface area contributed by atoms with E-state index >= 15 is 0 Å². The lowest BCUT2D eigenvalue weighted by atomic mass is 10.2. The van der Waals surface area contributed by atoms with E-state index in [1.807, 2.05) is 6.07 Å². The predicted molar refractivity (Wildman–Crippen MR) is 148 cm³/mol. The first-order chi connectivity index (χ1) is 17.3. The Morgan fingerprint density at radius 3 is 2.33 bits per heavy atom. The third-order valence-corrected chi connectivity index (χ3v) is 7.74. The summed E-state index contributed by atoms with van der Waals surface area (Å²) in [5.41, 5.74) is 1.50. The molecule has 0 spiro atoms. The Balaban J connectivity index is 1.62. The van der Waals surface area contributed by atoms with Gasteiger partial charge < -0.3 is 14.8 Å². The van der Waals surface area contributed by atoms with E-state index in [4.69, 9.17) is 21.7 Å². The Morgan fingerprint density at radius 2 is 1.72 bits per heavy atom. The molecule has 3 aromatic rings. The van der Waals surface area contributed by atoms with Gasteiger partial charge in [0.25, 0.3) is 15.9 Å². The molecular formula is C25H26BrN3O5S2. The second-order valence-electron chi connectivity index (χ2n) is 7.42. The fourth-order valence-electron chi connectivity index (χ4n) is 3.25. The first kappa shape index (κ1) is 27.6. The summed E-state index contributed by atoms with van der Waals surface area (Å²) in [6.45, 7) is 2.91. The van der Waals surface area contributed by atoms with E-state index in [1.54, 1.807) is 68.6 Å². The van der Waals surface area contributed by atoms with Crippen LogP contribution in [-0.4, -0.2) is 46.3 Å². The van der Waals surface area contributed by atoms with Crippen LogP contribution in [0.5, 0.6) is 5.75 Å². The van der Waals surface area contributed by atoms with Crippen molar-refractivity contribution in [1.82, 2.24) is 5.32 Å². The third-order valence-electron chi connectivity index (χ3n) is 5.00. The SMILES string of the molecule is CCN(c1ccccc1)S(=O)(=O)c1ccc(NC(=S)NC(=O)c2ccc(OCCOC)c(Br)c2)cc1. The van der Waals surface area contributed by atoms with Crippen LogP contribution in [0.1, 0.15) is 17.3 Å². The lowest BCUT2D eigenvalue weighted by Gasteiger charge is -2.23. The van der Waals surface area contributed by atoms with Crippen LogP contribution in [0.3, 0.4) is 0 Å². The molecular weight excluding hydrogens is 566 g/mol. The topological polar surface area (TPSA) is 97.0 Å². The standard InChI is InChI=1S/C25H26BrN3O5S2/c1-3-29(20-7-5-4-6-8-20)36(31,32)21-12-10-19(11-13-21)27-25(35)28-24(30)18-9-14-23(22(26)17-18)34-16-15-33-2/h4-14,17H,3,15-16H2,1-2H3,(H2,27,28,30,35). The number of sulfonamides is 1. The summed E-state index contributed by atoms with van der Waals surface area (Å²) in [7, 11) is -2.15. The van der Waals surface area contributed by atoms with Gasteiger partial charge in [-0.1, -0.05) is 18.2 Å². The van der Waals surface area contributed by atoms with E-state index in [2.05, 4.69) is 26.6 Å². The number of benzene rings is 3. The molecule has 0 heterocycles. The molecule has 36 heavy (non-hydrogen) atoms. The van der Waals surface area contributed by atoms with Gasteiger partial charge in [-0.2, -0.15) is 0 Å². The second kappa shape index (κ2) is 12.8. The zero-order chi connectivity index (χ0) is 26.1. The van der Waals surface area contributed by atoms with Crippen molar-refractivity contribution in [3.8, 4) is 5.75 Å². The van der Waals surface area contributed by atoms with Gasteiger partial charge in [0.1, 0.15) is 12.4 Å². The van der Waals surface area contributed by atoms with Crippen LogP contribution < -0.4 is 19.7 Å². The number of nitrogens with zero attached hydrogens (tertiary/aromatic N) is 1. The lowest BCUT2D eigenvalue weighted by molar-refractivity contribution is 0.0977. The summed E-state index contributed by atoms with van der Waals surface area (Å²) in [5, 5.41) is 5.58. The van der Waals surface area contributed by atoms with Crippen LogP contribution in [0, 0.1) is 0 Å². The average molecular weight is 593 g/mol. The molecule has 1 amide bonds. The Kier molecular flexibility index (Phi) is 9.82. The summed E-state index contributed by atoms with van der Waals surface area (Å²) in [6, 6.07) is 20.0. The third kappa shape index (κ3) is 7.03. The van der Waals surface area contributed by atoms with Gasteiger partial charge in [-0.15, -0.1) is 0 Å². The highest BCUT2D eigenvalue weighted by Crippen LogP contribution is 2.26. The second-order valence-corrected chi connectivity index (χ2v) is 10.5. The minimum atomic E-state index is -3.74. The van der Waals surface area contributed by atoms with Crippen molar-refractivity contribution < 1.29 is 22.7 Å². The summed E-state index contributed by atoms with van der Waals surface area (Å²) in [4.78, 5) is 12.7. The number of para-hydroxylation sites is 1. The van der Waals surface area contributed by atoms with Crippen molar-refractivity contribution in [2.45, 2.75) is 11.8 Å². The van der Waals surface area contributed by atoms with Crippen LogP contribution >= 0.6 is 28.1 Å². The number of rotatable bonds is 10. The Bertz CT molecular complexity index is 1300. The highest BCUT2D eigenvalue weighted by molar-refractivity contribution is 9.10. The van der Waals surface area contributed by atoms with E-state index in [9.17, 15) is 13.2 Å². The zero-order valence-electron chi connectivity index (χ0n) is 19.7. The first-order valence-corrected chi connectivity index (χ1v) is 13.6. The van der Waals surface area contributed by atoms with Gasteiger partial charge in [0, 0.05) is 24.9 Å². The number of thiocarbonyl (C=S) groups is 1. The van der Waals surface area contributed by atoms with E-state index < -0.39 is 15.9 Å². The van der Waals surface area contributed by atoms with Crippen molar-refractivity contribution >= 4 is 60.6 Å². The number of anilines is 2. The normalized spacial score (nSPS) is 11.0. The molecule has 0 bridgehead atoms. The fourth-order valence-corrected chi connectivity index (χ4v) is 5.43. The van der Waals surface area contributed by atoms with E-state index in [0.29, 0.717) is 46.9 Å². The summed E-state index contributed by atoms with van der Waals surface area (Å²) >= 11 is 8.65. The maximum atomic E-state index is 13.1. The molecule has 0 aliphatic heterocycles. The van der Waals surface area contributed by atoms with Crippen molar-refractivity contribution in [1.29, 1.82) is 0 Å². The molecule has 0 saturated carbocycles. The number of hydrogen-bond acceptors (Lipinski definition) is 6. The monoisotopic (exact) mass is 591 g/mol. The minimum Gasteiger partial charge on any atom is -0.490 e. The van der Waals surface area contributed by atoms with Gasteiger partial charge in [0.05, 0.1) is 21.7 Å². The van der Waals surface area contributed by atoms with Crippen LogP contribution in [-0.2, 0) is 14.8 Å². The van der Waals surface area contributed by atoms with Gasteiger partial charge in [-0.3, -0.25) is 14.4 Å². The molecule has 0 saturated heterocycles. The van der Waals surface area contributed by atoms with Crippen LogP contribution in [0.4, 0.5) is 11.4 Å². The molecule has 3 aromatic carbocycles. The van der Waals surface area contributed by atoms with Crippen LogP contribution in [0.2, 0.25) is 0 Å². The van der Waals surface area contributed by atoms with E-state index in [1.165, 1.54) is 16.4 Å². The number of carbonyl (C=O) groups excluding carboxylic acids is 1. The maximum Gasteiger partial charge on any atom is 0.264 e. The highest BCUT2D eigenvalue weighted by atomic mass is 79.9. The molecule has 190 valence electrons. The van der Waals surface area contributed by atoms with Gasteiger partial charge in [0.2, 0.25) is 0 Å². The Morgan fingerprint density at radius 1 is 1.03 bits per heavy atom. The number of carbonyl (C=O) groups is 1. The lowest BCUT2D eigenvalue weighted by Crippen LogP contribution is -2.34. The highest BCUT2D eigenvalue weighted by Gasteiger charge is 2.23. The number of methoxy groups -OCH3 is 1. The summed E-state index contributed by atoms with van der Waals surface area (Å²) in [5.74, 6) is 0.186. The quantitative estimate of drug-likeness (QED) is 0.258. The molecule has 0 radical (unpaired) electrons. The minimum absolute atomic E-state index is 0.0756. The Hall–Kier alpha value is -2.99. The molecule has 8 nitrogen and oxygen atoms in total. The summed E-state index contributed by atoms with van der Waals surface area (Å²) < 4.78 is 38.7. The average Bonchev–Trinajstić information content (AvgIpc) is 2.86. The van der Waals surface area contributed by atoms with Crippen molar-refractivity contribution in [2.75, 3.05) is 36.5 Å². The number of nitrogens with one attached hydrogen (secondary N) is 2. The molecule has 0 aliphatic rings. The van der Waals surface area contributed by atoms with E-state index in [0.717, 1.165) is 0 Å². The van der Waals surface area contributed by atoms with Gasteiger partial charge in [-0.05, 0) is 89.7 Å². The summed E-state index contributed by atoms with van der Waals surface area (Å²) in [6.07, 6.45) is 0. The zero-order valence-corrected chi connectivity index (χ0v) is 23.0. The molecule has 0 unspecified atom stereocenters. The van der Waals surface area contributed by atoms with Crippen molar-refractivity contribution in [3.63, 3.8) is 0 Å². The van der Waals surface area contributed by atoms with Crippen LogP contribution in [0.25, 0.3) is 0 Å². The van der Waals surface area contributed by atoms with Crippen molar-refractivity contribution in [3.05, 3.63) is 82.8 Å². The van der Waals surface area contributed by atoms with E-state index in [-0.39, 0.29) is 10.0 Å². The smallest absolute Gasteiger partial charge is 0.264 e. The Labute approximate surface area is 224 Å². The number of ether oxygens (including phenoxy) is 2. The maximum absolute atomic E-state index is 13.1. The predicted octanol–water partition coefficient (Wildman–Crippen LogP) is 4.82. The molecule has 0 aromatic heterocycles. The molecule has 3 rings (SSSR count).